The molecule has 2 N–H and O–H groups in total. The number of nitrogens with zero attached hydrogens (tertiary/aromatic N) is 2. The summed E-state index contributed by atoms with van der Waals surface area (Å²) >= 11 is 0. The molecule has 0 saturated carbocycles. The highest BCUT2D eigenvalue weighted by molar-refractivity contribution is 5.79. The second-order valence-electron chi connectivity index (χ2n) is 6.72. The van der Waals surface area contributed by atoms with Gasteiger partial charge in [-0.1, -0.05) is 12.1 Å². The number of rotatable bonds is 6. The second kappa shape index (κ2) is 9.14. The van der Waals surface area contributed by atoms with Gasteiger partial charge in [0.1, 0.15) is 17.6 Å². The Morgan fingerprint density at radius 3 is 2.86 bits per heavy atom. The number of benzene rings is 2. The zero-order valence-corrected chi connectivity index (χ0v) is 16.6. The Bertz CT molecular complexity index is 902. The Labute approximate surface area is 166 Å². The van der Waals surface area contributed by atoms with Gasteiger partial charge in [-0.2, -0.15) is 5.26 Å². The van der Waals surface area contributed by atoms with Crippen molar-refractivity contribution in [1.29, 1.82) is 5.26 Å². The molecule has 1 heterocycles. The summed E-state index contributed by atoms with van der Waals surface area (Å²) in [4.78, 5) is 4.28. The minimum absolute atomic E-state index is 0.200. The molecule has 1 unspecified atom stereocenters. The number of hydrogen-bond donors (Lipinski definition) is 2. The SMILES string of the molecule is CCOc1cc2c(cc1CNC(=NC)NCc1cccc(C#N)c1)OC(C)C2. The van der Waals surface area contributed by atoms with Gasteiger partial charge in [0.25, 0.3) is 0 Å². The number of nitrogens with one attached hydrogen (secondary N) is 2. The van der Waals surface area contributed by atoms with Crippen molar-refractivity contribution in [3.63, 3.8) is 0 Å². The Kier molecular flexibility index (Phi) is 6.38. The molecule has 0 spiro atoms. The fourth-order valence-corrected chi connectivity index (χ4v) is 3.25. The molecule has 0 fully saturated rings. The van der Waals surface area contributed by atoms with Crippen LogP contribution in [0.1, 0.15) is 36.1 Å². The third-order valence-electron chi connectivity index (χ3n) is 4.56. The fraction of sp³-hybridized carbons (Fsp3) is 0.364. The molecule has 1 atom stereocenters. The van der Waals surface area contributed by atoms with Crippen LogP contribution in [0.3, 0.4) is 0 Å². The molecule has 0 saturated heterocycles. The Hall–Kier alpha value is -3.20. The first kappa shape index (κ1) is 19.6. The van der Waals surface area contributed by atoms with Crippen molar-refractivity contribution in [2.75, 3.05) is 13.7 Å². The third kappa shape index (κ3) is 4.74. The largest absolute Gasteiger partial charge is 0.494 e. The van der Waals surface area contributed by atoms with Gasteiger partial charge in [-0.05, 0) is 43.7 Å². The van der Waals surface area contributed by atoms with Crippen LogP contribution in [0.2, 0.25) is 0 Å². The zero-order valence-electron chi connectivity index (χ0n) is 16.6. The van der Waals surface area contributed by atoms with Crippen LogP contribution < -0.4 is 20.1 Å². The van der Waals surface area contributed by atoms with Gasteiger partial charge in [-0.25, -0.2) is 0 Å². The van der Waals surface area contributed by atoms with Crippen molar-refractivity contribution < 1.29 is 9.47 Å². The highest BCUT2D eigenvalue weighted by Crippen LogP contribution is 2.35. The summed E-state index contributed by atoms with van der Waals surface area (Å²) in [5, 5.41) is 15.6. The van der Waals surface area contributed by atoms with Crippen LogP contribution in [0.4, 0.5) is 0 Å². The normalized spacial score (nSPS) is 15.4. The molecule has 0 bridgehead atoms. The van der Waals surface area contributed by atoms with Crippen LogP contribution >= 0.6 is 0 Å². The Morgan fingerprint density at radius 1 is 1.29 bits per heavy atom. The van der Waals surface area contributed by atoms with Crippen LogP contribution in [0.5, 0.6) is 11.5 Å². The van der Waals surface area contributed by atoms with Crippen molar-refractivity contribution >= 4 is 5.96 Å². The van der Waals surface area contributed by atoms with Crippen LogP contribution in [0.25, 0.3) is 0 Å². The standard InChI is InChI=1S/C22H26N4O2/c1-4-27-20-10-18-8-15(2)28-21(18)11-19(20)14-26-22(24-3)25-13-17-7-5-6-16(9-17)12-23/h5-7,9-11,15H,4,8,13-14H2,1-3H3,(H2,24,25,26). The quantitative estimate of drug-likeness (QED) is 0.596. The lowest BCUT2D eigenvalue weighted by Gasteiger charge is -2.16. The summed E-state index contributed by atoms with van der Waals surface area (Å²) in [6.07, 6.45) is 1.11. The summed E-state index contributed by atoms with van der Waals surface area (Å²) in [6.45, 7) is 5.83. The Balaban J connectivity index is 1.64. The maximum Gasteiger partial charge on any atom is 0.191 e. The lowest BCUT2D eigenvalue weighted by atomic mass is 10.1. The van der Waals surface area contributed by atoms with E-state index in [4.69, 9.17) is 14.7 Å². The first-order valence-electron chi connectivity index (χ1n) is 9.51. The molecular weight excluding hydrogens is 352 g/mol. The molecule has 0 aliphatic carbocycles. The van der Waals surface area contributed by atoms with E-state index in [1.807, 2.05) is 25.1 Å². The van der Waals surface area contributed by atoms with Crippen LogP contribution in [-0.4, -0.2) is 25.7 Å². The van der Waals surface area contributed by atoms with Crippen molar-refractivity contribution in [1.82, 2.24) is 10.6 Å². The number of ether oxygens (including phenoxy) is 2. The van der Waals surface area contributed by atoms with E-state index in [0.29, 0.717) is 31.2 Å². The highest BCUT2D eigenvalue weighted by Gasteiger charge is 2.21. The van der Waals surface area contributed by atoms with Crippen molar-refractivity contribution in [3.8, 4) is 17.6 Å². The second-order valence-corrected chi connectivity index (χ2v) is 6.72. The smallest absolute Gasteiger partial charge is 0.191 e. The minimum Gasteiger partial charge on any atom is -0.494 e. The van der Waals surface area contributed by atoms with E-state index in [2.05, 4.69) is 40.8 Å². The summed E-state index contributed by atoms with van der Waals surface area (Å²) in [5.74, 6) is 2.49. The van der Waals surface area contributed by atoms with E-state index in [9.17, 15) is 0 Å². The van der Waals surface area contributed by atoms with Gasteiger partial charge in [0.15, 0.2) is 5.96 Å². The van der Waals surface area contributed by atoms with Gasteiger partial charge in [-0.3, -0.25) is 4.99 Å². The molecule has 0 aromatic heterocycles. The molecule has 1 aliphatic rings. The molecule has 1 aliphatic heterocycles. The van der Waals surface area contributed by atoms with Gasteiger partial charge < -0.3 is 20.1 Å². The predicted octanol–water partition coefficient (Wildman–Crippen LogP) is 3.15. The molecule has 6 nitrogen and oxygen atoms in total. The third-order valence-corrected chi connectivity index (χ3v) is 4.56. The number of hydrogen-bond acceptors (Lipinski definition) is 4. The van der Waals surface area contributed by atoms with E-state index in [1.165, 1.54) is 5.56 Å². The van der Waals surface area contributed by atoms with Crippen LogP contribution in [0.15, 0.2) is 41.4 Å². The molecule has 28 heavy (non-hydrogen) atoms. The Morgan fingerprint density at radius 2 is 2.11 bits per heavy atom. The van der Waals surface area contributed by atoms with Crippen LogP contribution in [0, 0.1) is 11.3 Å². The monoisotopic (exact) mass is 378 g/mol. The van der Waals surface area contributed by atoms with Gasteiger partial charge in [0.2, 0.25) is 0 Å². The van der Waals surface area contributed by atoms with Gasteiger partial charge >= 0.3 is 0 Å². The summed E-state index contributed by atoms with van der Waals surface area (Å²) in [6, 6.07) is 13.8. The number of fused-ring (bicyclic) bond motifs is 1. The first-order valence-corrected chi connectivity index (χ1v) is 9.51. The van der Waals surface area contributed by atoms with Crippen LogP contribution in [-0.2, 0) is 19.5 Å². The summed E-state index contributed by atoms with van der Waals surface area (Å²) < 4.78 is 11.7. The number of guanidine groups is 1. The first-order chi connectivity index (χ1) is 13.6. The van der Waals surface area contributed by atoms with Crippen molar-refractivity contribution in [2.45, 2.75) is 39.5 Å². The summed E-state index contributed by atoms with van der Waals surface area (Å²) in [7, 11) is 1.73. The molecule has 3 rings (SSSR count). The maximum absolute atomic E-state index is 9.02. The molecule has 6 heteroatoms. The fourth-order valence-electron chi connectivity index (χ4n) is 3.25. The lowest BCUT2D eigenvalue weighted by molar-refractivity contribution is 0.254. The average Bonchev–Trinajstić information content (AvgIpc) is 3.07. The summed E-state index contributed by atoms with van der Waals surface area (Å²) in [5.41, 5.74) is 3.90. The lowest BCUT2D eigenvalue weighted by Crippen LogP contribution is -2.36. The maximum atomic E-state index is 9.02. The molecule has 2 aromatic rings. The molecule has 2 aromatic carbocycles. The zero-order chi connectivity index (χ0) is 19.9. The van der Waals surface area contributed by atoms with Gasteiger partial charge in [-0.15, -0.1) is 0 Å². The minimum atomic E-state index is 0.200. The van der Waals surface area contributed by atoms with E-state index in [0.717, 1.165) is 29.0 Å². The average molecular weight is 378 g/mol. The van der Waals surface area contributed by atoms with E-state index in [-0.39, 0.29) is 6.10 Å². The van der Waals surface area contributed by atoms with E-state index >= 15 is 0 Å². The molecule has 0 radical (unpaired) electrons. The van der Waals surface area contributed by atoms with E-state index in [1.54, 1.807) is 13.1 Å². The van der Waals surface area contributed by atoms with Gasteiger partial charge in [0.05, 0.1) is 18.2 Å². The molecular formula is C22H26N4O2. The highest BCUT2D eigenvalue weighted by atomic mass is 16.5. The van der Waals surface area contributed by atoms with E-state index < -0.39 is 0 Å². The number of nitriles is 1. The molecule has 146 valence electrons. The number of aliphatic imine (C=N–C) groups is 1. The van der Waals surface area contributed by atoms with Gasteiger partial charge in [0, 0.05) is 37.7 Å². The predicted molar refractivity (Wildman–Crippen MR) is 110 cm³/mol. The molecule has 0 amide bonds. The van der Waals surface area contributed by atoms with Crippen molar-refractivity contribution in [3.05, 3.63) is 58.7 Å². The topological polar surface area (TPSA) is 78.7 Å². The van der Waals surface area contributed by atoms with Crippen molar-refractivity contribution in [2.24, 2.45) is 4.99 Å².